The van der Waals surface area contributed by atoms with E-state index in [4.69, 9.17) is 18.0 Å². The van der Waals surface area contributed by atoms with Gasteiger partial charge in [0.15, 0.2) is 0 Å². The molecule has 0 aliphatic carbocycles. The predicted octanol–water partition coefficient (Wildman–Crippen LogP) is 2.20. The van der Waals surface area contributed by atoms with Crippen LogP contribution in [0.5, 0.6) is 0 Å². The van der Waals surface area contributed by atoms with E-state index >= 15 is 0 Å². The van der Waals surface area contributed by atoms with Gasteiger partial charge in [-0.1, -0.05) is 26.1 Å². The van der Waals surface area contributed by atoms with Crippen LogP contribution < -0.4 is 10.6 Å². The highest BCUT2D eigenvalue weighted by atomic mass is 32.1. The molecule has 0 unspecified atom stereocenters. The number of rotatable bonds is 5. The molecule has 3 nitrogen and oxygen atoms in total. The molecule has 0 bridgehead atoms. The van der Waals surface area contributed by atoms with E-state index in [0.29, 0.717) is 10.9 Å². The zero-order valence-corrected chi connectivity index (χ0v) is 10.9. The Morgan fingerprint density at radius 3 is 2.62 bits per heavy atom. The van der Waals surface area contributed by atoms with Crippen LogP contribution in [0.2, 0.25) is 0 Å². The molecule has 1 heterocycles. The van der Waals surface area contributed by atoms with Crippen molar-refractivity contribution in [3.05, 3.63) is 23.9 Å². The summed E-state index contributed by atoms with van der Waals surface area (Å²) in [6, 6.07) is 3.87. The molecule has 0 spiro atoms. The summed E-state index contributed by atoms with van der Waals surface area (Å²) in [5.41, 5.74) is 6.33. The van der Waals surface area contributed by atoms with Crippen LogP contribution in [-0.4, -0.2) is 23.6 Å². The smallest absolute Gasteiger partial charge is 0.128 e. The van der Waals surface area contributed by atoms with Gasteiger partial charge < -0.3 is 10.6 Å². The van der Waals surface area contributed by atoms with Crippen molar-refractivity contribution in [2.45, 2.75) is 20.3 Å². The number of nitrogens with two attached hydrogens (primary N) is 1. The first kappa shape index (κ1) is 12.9. The topological polar surface area (TPSA) is 42.1 Å². The van der Waals surface area contributed by atoms with Gasteiger partial charge in [0.05, 0.1) is 0 Å². The van der Waals surface area contributed by atoms with E-state index in [-0.39, 0.29) is 0 Å². The van der Waals surface area contributed by atoms with Crippen LogP contribution in [0.15, 0.2) is 18.3 Å². The minimum absolute atomic E-state index is 0.392. The fourth-order valence-electron chi connectivity index (χ4n) is 1.32. The lowest BCUT2D eigenvalue weighted by atomic mass is 10.1. The van der Waals surface area contributed by atoms with Gasteiger partial charge in [0, 0.05) is 25.4 Å². The molecule has 16 heavy (non-hydrogen) atoms. The number of nitrogens with zero attached hydrogens (tertiary/aromatic N) is 2. The normalized spacial score (nSPS) is 10.5. The van der Waals surface area contributed by atoms with Crippen LogP contribution in [0.4, 0.5) is 5.82 Å². The van der Waals surface area contributed by atoms with E-state index < -0.39 is 0 Å². The van der Waals surface area contributed by atoms with E-state index in [0.717, 1.165) is 24.3 Å². The van der Waals surface area contributed by atoms with Gasteiger partial charge in [0.1, 0.15) is 10.8 Å². The molecular formula is C12H19N3S. The molecule has 1 aromatic rings. The van der Waals surface area contributed by atoms with Crippen LogP contribution in [-0.2, 0) is 0 Å². The average Bonchev–Trinajstić information content (AvgIpc) is 2.26. The molecular weight excluding hydrogens is 218 g/mol. The summed E-state index contributed by atoms with van der Waals surface area (Å²) in [7, 11) is 2.05. The fourth-order valence-corrected chi connectivity index (χ4v) is 1.44. The second-order valence-corrected chi connectivity index (χ2v) is 4.81. The van der Waals surface area contributed by atoms with E-state index in [1.54, 1.807) is 6.20 Å². The molecule has 0 fully saturated rings. The van der Waals surface area contributed by atoms with Crippen molar-refractivity contribution < 1.29 is 0 Å². The summed E-state index contributed by atoms with van der Waals surface area (Å²) in [6.45, 7) is 5.45. The number of pyridine rings is 1. The van der Waals surface area contributed by atoms with Gasteiger partial charge in [-0.2, -0.15) is 0 Å². The number of hydrogen-bond acceptors (Lipinski definition) is 3. The highest BCUT2D eigenvalue weighted by molar-refractivity contribution is 7.80. The van der Waals surface area contributed by atoms with Crippen molar-refractivity contribution >= 4 is 23.0 Å². The Labute approximate surface area is 103 Å². The van der Waals surface area contributed by atoms with Crippen molar-refractivity contribution in [2.75, 3.05) is 18.5 Å². The van der Waals surface area contributed by atoms with Crippen LogP contribution >= 0.6 is 12.2 Å². The summed E-state index contributed by atoms with van der Waals surface area (Å²) < 4.78 is 0. The van der Waals surface area contributed by atoms with E-state index in [2.05, 4.69) is 23.7 Å². The molecule has 1 rings (SSSR count). The molecule has 0 radical (unpaired) electrons. The van der Waals surface area contributed by atoms with Crippen molar-refractivity contribution in [1.29, 1.82) is 0 Å². The molecule has 0 aliphatic heterocycles. The quantitative estimate of drug-likeness (QED) is 0.797. The lowest BCUT2D eigenvalue weighted by Gasteiger charge is -2.19. The Morgan fingerprint density at radius 2 is 2.19 bits per heavy atom. The third-order valence-corrected chi connectivity index (χ3v) is 2.70. The van der Waals surface area contributed by atoms with Gasteiger partial charge in [0.2, 0.25) is 0 Å². The standard InChI is InChI=1S/C12H19N3S/c1-9(2)6-7-15(3)11-5-4-10(8-14-11)12(13)16/h4-5,8-9H,6-7H2,1-3H3,(H2,13,16). The van der Waals surface area contributed by atoms with Gasteiger partial charge in [-0.05, 0) is 24.5 Å². The average molecular weight is 237 g/mol. The highest BCUT2D eigenvalue weighted by Crippen LogP contribution is 2.11. The molecule has 0 atom stereocenters. The number of thiocarbonyl (C=S) groups is 1. The van der Waals surface area contributed by atoms with Gasteiger partial charge in [-0.3, -0.25) is 0 Å². The minimum Gasteiger partial charge on any atom is -0.389 e. The number of hydrogen-bond donors (Lipinski definition) is 1. The largest absolute Gasteiger partial charge is 0.389 e. The lowest BCUT2D eigenvalue weighted by Crippen LogP contribution is -2.21. The van der Waals surface area contributed by atoms with Crippen LogP contribution in [0, 0.1) is 5.92 Å². The van der Waals surface area contributed by atoms with Crippen LogP contribution in [0.3, 0.4) is 0 Å². The monoisotopic (exact) mass is 237 g/mol. The van der Waals surface area contributed by atoms with Crippen molar-refractivity contribution in [1.82, 2.24) is 4.98 Å². The first-order valence-corrected chi connectivity index (χ1v) is 5.88. The molecule has 0 aromatic carbocycles. The summed E-state index contributed by atoms with van der Waals surface area (Å²) >= 11 is 4.88. The molecule has 0 saturated heterocycles. The Morgan fingerprint density at radius 1 is 1.50 bits per heavy atom. The summed E-state index contributed by atoms with van der Waals surface area (Å²) in [6.07, 6.45) is 2.89. The Hall–Kier alpha value is -1.16. The molecule has 0 saturated carbocycles. The fraction of sp³-hybridized carbons (Fsp3) is 0.500. The third kappa shape index (κ3) is 3.77. The Kier molecular flexibility index (Phi) is 4.68. The summed E-state index contributed by atoms with van der Waals surface area (Å²) in [5, 5.41) is 0. The van der Waals surface area contributed by atoms with E-state index in [1.165, 1.54) is 0 Å². The Bertz CT molecular complexity index is 346. The van der Waals surface area contributed by atoms with Crippen molar-refractivity contribution in [2.24, 2.45) is 11.7 Å². The van der Waals surface area contributed by atoms with Gasteiger partial charge in [-0.15, -0.1) is 0 Å². The van der Waals surface area contributed by atoms with Gasteiger partial charge in [-0.25, -0.2) is 4.98 Å². The maximum atomic E-state index is 5.52. The van der Waals surface area contributed by atoms with Crippen molar-refractivity contribution in [3.63, 3.8) is 0 Å². The molecule has 88 valence electrons. The first-order chi connectivity index (χ1) is 7.50. The molecule has 0 aliphatic rings. The molecule has 2 N–H and O–H groups in total. The maximum Gasteiger partial charge on any atom is 0.128 e. The van der Waals surface area contributed by atoms with Crippen LogP contribution in [0.25, 0.3) is 0 Å². The van der Waals surface area contributed by atoms with E-state index in [1.807, 2.05) is 19.2 Å². The SMILES string of the molecule is CC(C)CCN(C)c1ccc(C(N)=S)cn1. The lowest BCUT2D eigenvalue weighted by molar-refractivity contribution is 0.583. The van der Waals surface area contributed by atoms with Crippen molar-refractivity contribution in [3.8, 4) is 0 Å². The number of aromatic nitrogens is 1. The second kappa shape index (κ2) is 5.80. The summed E-state index contributed by atoms with van der Waals surface area (Å²) in [5.74, 6) is 1.67. The molecule has 0 amide bonds. The first-order valence-electron chi connectivity index (χ1n) is 5.47. The van der Waals surface area contributed by atoms with E-state index in [9.17, 15) is 0 Å². The zero-order chi connectivity index (χ0) is 12.1. The minimum atomic E-state index is 0.392. The second-order valence-electron chi connectivity index (χ2n) is 4.37. The van der Waals surface area contributed by atoms with Gasteiger partial charge in [0.25, 0.3) is 0 Å². The maximum absolute atomic E-state index is 5.52. The molecule has 1 aromatic heterocycles. The highest BCUT2D eigenvalue weighted by Gasteiger charge is 2.04. The third-order valence-electron chi connectivity index (χ3n) is 2.47. The Balaban J connectivity index is 2.63. The number of anilines is 1. The molecule has 4 heteroatoms. The van der Waals surface area contributed by atoms with Crippen LogP contribution in [0.1, 0.15) is 25.8 Å². The summed E-state index contributed by atoms with van der Waals surface area (Å²) in [4.78, 5) is 6.87. The van der Waals surface area contributed by atoms with Gasteiger partial charge >= 0.3 is 0 Å². The zero-order valence-electron chi connectivity index (χ0n) is 10.1. The predicted molar refractivity (Wildman–Crippen MR) is 72.8 cm³/mol.